The van der Waals surface area contributed by atoms with Crippen molar-refractivity contribution in [2.45, 2.75) is 24.1 Å². The molecule has 3 rings (SSSR count). The summed E-state index contributed by atoms with van der Waals surface area (Å²) in [5, 5.41) is 3.14. The first-order valence-corrected chi connectivity index (χ1v) is 9.60. The van der Waals surface area contributed by atoms with Crippen LogP contribution in [0.2, 0.25) is 0 Å². The Hall–Kier alpha value is -2.09. The number of pyridine rings is 1. The lowest BCUT2D eigenvalue weighted by molar-refractivity contribution is 0.0386. The summed E-state index contributed by atoms with van der Waals surface area (Å²) in [6.07, 6.45) is -1.16. The molecule has 3 heterocycles. The number of halogens is 3. The SMILES string of the molecule is CC(F)(P)[C@@H]1OC(=O)Nc2ncnc(-c3cc(C(F)(F)P)cc(NCCN)n3)c21. The minimum atomic E-state index is -3.25. The van der Waals surface area contributed by atoms with E-state index in [2.05, 4.69) is 25.6 Å². The van der Waals surface area contributed by atoms with Crippen LogP contribution in [0.5, 0.6) is 0 Å². The molecule has 0 aliphatic carbocycles. The molecule has 8 nitrogen and oxygen atoms in total. The highest BCUT2D eigenvalue weighted by Gasteiger charge is 2.42. The van der Waals surface area contributed by atoms with Gasteiger partial charge in [0, 0.05) is 18.7 Å². The molecule has 3 unspecified atom stereocenters. The molecule has 13 heteroatoms. The maximum atomic E-state index is 14.8. The number of hydrogen-bond acceptors (Lipinski definition) is 7. The van der Waals surface area contributed by atoms with Gasteiger partial charge >= 0.3 is 6.09 Å². The third kappa shape index (κ3) is 4.74. The van der Waals surface area contributed by atoms with E-state index in [9.17, 15) is 18.0 Å². The Morgan fingerprint density at radius 2 is 2.03 bits per heavy atom. The first kappa shape index (κ1) is 21.6. The number of rotatable bonds is 6. The molecule has 0 saturated carbocycles. The fourth-order valence-electron chi connectivity index (χ4n) is 2.77. The normalized spacial score (nSPS) is 18.3. The monoisotopic (exact) mass is 446 g/mol. The Labute approximate surface area is 169 Å². The number of nitrogens with two attached hydrogens (primary N) is 1. The summed E-state index contributed by atoms with van der Waals surface area (Å²) in [6, 6.07) is 2.32. The number of fused-ring (bicyclic) bond motifs is 1. The van der Waals surface area contributed by atoms with Crippen molar-refractivity contribution in [3.05, 3.63) is 29.6 Å². The molecule has 2 aromatic heterocycles. The van der Waals surface area contributed by atoms with Crippen LogP contribution < -0.4 is 16.4 Å². The summed E-state index contributed by atoms with van der Waals surface area (Å²) in [7, 11) is 3.40. The Balaban J connectivity index is 2.21. The van der Waals surface area contributed by atoms with E-state index in [0.717, 1.165) is 12.4 Å². The van der Waals surface area contributed by atoms with Crippen molar-refractivity contribution in [3.63, 3.8) is 0 Å². The van der Waals surface area contributed by atoms with Crippen molar-refractivity contribution in [3.8, 4) is 11.4 Å². The van der Waals surface area contributed by atoms with Crippen LogP contribution in [0.4, 0.5) is 29.6 Å². The van der Waals surface area contributed by atoms with Crippen molar-refractivity contribution < 1.29 is 22.7 Å². The average Bonchev–Trinajstić information content (AvgIpc) is 2.63. The van der Waals surface area contributed by atoms with Crippen molar-refractivity contribution in [2.75, 3.05) is 23.7 Å². The number of hydrogen-bond donors (Lipinski definition) is 3. The smallest absolute Gasteiger partial charge is 0.413 e. The fourth-order valence-corrected chi connectivity index (χ4v) is 3.17. The van der Waals surface area contributed by atoms with Crippen LogP contribution in [0.25, 0.3) is 11.4 Å². The molecule has 4 N–H and O–H groups in total. The van der Waals surface area contributed by atoms with Crippen LogP contribution >= 0.6 is 18.5 Å². The molecule has 4 atom stereocenters. The predicted octanol–water partition coefficient (Wildman–Crippen LogP) is 3.00. The van der Waals surface area contributed by atoms with Crippen molar-refractivity contribution >= 4 is 36.2 Å². The number of carbonyl (C=O) groups excluding carboxylic acids is 1. The first-order chi connectivity index (χ1) is 13.5. The van der Waals surface area contributed by atoms with Crippen LogP contribution in [-0.2, 0) is 10.4 Å². The largest absolute Gasteiger partial charge is 0.437 e. The molecule has 0 saturated heterocycles. The van der Waals surface area contributed by atoms with Crippen LogP contribution in [0.3, 0.4) is 0 Å². The van der Waals surface area contributed by atoms with E-state index in [4.69, 9.17) is 10.5 Å². The quantitative estimate of drug-likeness (QED) is 0.585. The highest BCUT2D eigenvalue weighted by molar-refractivity contribution is 7.18. The second-order valence-electron chi connectivity index (χ2n) is 6.51. The molecule has 0 aromatic carbocycles. The van der Waals surface area contributed by atoms with Gasteiger partial charge in [0.2, 0.25) is 0 Å². The number of alkyl halides is 3. The molecule has 29 heavy (non-hydrogen) atoms. The summed E-state index contributed by atoms with van der Waals surface area (Å²) in [5.74, 6) is 0.160. The lowest BCUT2D eigenvalue weighted by atomic mass is 10.00. The Morgan fingerprint density at radius 1 is 1.31 bits per heavy atom. The van der Waals surface area contributed by atoms with Gasteiger partial charge in [0.25, 0.3) is 5.66 Å². The van der Waals surface area contributed by atoms with Crippen LogP contribution in [0.15, 0.2) is 18.5 Å². The number of ether oxygens (including phenoxy) is 1. The topological polar surface area (TPSA) is 115 Å². The minimum Gasteiger partial charge on any atom is -0.437 e. The van der Waals surface area contributed by atoms with Crippen LogP contribution in [0.1, 0.15) is 24.2 Å². The third-order valence-electron chi connectivity index (χ3n) is 4.01. The summed E-state index contributed by atoms with van der Waals surface area (Å²) >= 11 is 0. The van der Waals surface area contributed by atoms with Gasteiger partial charge in [-0.05, 0) is 19.1 Å². The second-order valence-corrected chi connectivity index (χ2v) is 8.36. The zero-order valence-corrected chi connectivity index (χ0v) is 17.6. The summed E-state index contributed by atoms with van der Waals surface area (Å²) < 4.78 is 47.9. The predicted molar refractivity (Wildman–Crippen MR) is 108 cm³/mol. The van der Waals surface area contributed by atoms with E-state index >= 15 is 0 Å². The fraction of sp³-hybridized carbons (Fsp3) is 0.375. The molecular weight excluding hydrogens is 427 g/mol. The second kappa shape index (κ2) is 7.97. The highest BCUT2D eigenvalue weighted by atomic mass is 31.0. The Morgan fingerprint density at radius 3 is 2.66 bits per heavy atom. The summed E-state index contributed by atoms with van der Waals surface area (Å²) in [6.45, 7) is 1.75. The van der Waals surface area contributed by atoms with Gasteiger partial charge in [0.1, 0.15) is 23.7 Å². The number of aromatic nitrogens is 3. The Kier molecular flexibility index (Phi) is 5.94. The maximum Gasteiger partial charge on any atom is 0.413 e. The van der Waals surface area contributed by atoms with Crippen LogP contribution in [0, 0.1) is 0 Å². The number of nitrogens with one attached hydrogen (secondary N) is 2. The molecule has 1 aliphatic heterocycles. The van der Waals surface area contributed by atoms with Crippen molar-refractivity contribution in [1.82, 2.24) is 15.0 Å². The lowest BCUT2D eigenvalue weighted by Crippen LogP contribution is -2.34. The van der Waals surface area contributed by atoms with Gasteiger partial charge in [-0.15, -0.1) is 0 Å². The van der Waals surface area contributed by atoms with E-state index in [1.807, 2.05) is 9.24 Å². The van der Waals surface area contributed by atoms with E-state index in [-0.39, 0.29) is 40.7 Å². The minimum absolute atomic E-state index is 0.0175. The molecule has 0 bridgehead atoms. The zero-order chi connectivity index (χ0) is 21.4. The highest BCUT2D eigenvalue weighted by Crippen LogP contribution is 2.46. The van der Waals surface area contributed by atoms with Gasteiger partial charge in [-0.2, -0.15) is 8.78 Å². The molecular formula is C16H19F3N6O2P2. The van der Waals surface area contributed by atoms with Crippen LogP contribution in [-0.4, -0.2) is 39.5 Å². The van der Waals surface area contributed by atoms with E-state index in [1.165, 1.54) is 22.2 Å². The van der Waals surface area contributed by atoms with Gasteiger partial charge in [-0.3, -0.25) is 5.32 Å². The van der Waals surface area contributed by atoms with Crippen molar-refractivity contribution in [2.24, 2.45) is 5.73 Å². The summed E-state index contributed by atoms with van der Waals surface area (Å²) in [4.78, 5) is 24.1. The van der Waals surface area contributed by atoms with Gasteiger partial charge in [-0.1, -0.05) is 18.5 Å². The molecule has 0 spiro atoms. The Bertz CT molecular complexity index is 936. The molecule has 1 amide bonds. The first-order valence-electron chi connectivity index (χ1n) is 8.44. The average molecular weight is 446 g/mol. The summed E-state index contributed by atoms with van der Waals surface area (Å²) in [5.41, 5.74) is 2.03. The van der Waals surface area contributed by atoms with Gasteiger partial charge < -0.3 is 15.8 Å². The van der Waals surface area contributed by atoms with E-state index in [1.54, 1.807) is 0 Å². The van der Waals surface area contributed by atoms with Crippen molar-refractivity contribution in [1.29, 1.82) is 0 Å². The molecule has 0 fully saturated rings. The van der Waals surface area contributed by atoms with Gasteiger partial charge in [0.05, 0.1) is 11.3 Å². The molecule has 156 valence electrons. The third-order valence-corrected chi connectivity index (χ3v) is 4.64. The zero-order valence-electron chi connectivity index (χ0n) is 15.2. The van der Waals surface area contributed by atoms with E-state index < -0.39 is 23.3 Å². The van der Waals surface area contributed by atoms with Gasteiger partial charge in [0.15, 0.2) is 11.5 Å². The molecule has 1 aliphatic rings. The number of nitrogens with zero attached hydrogens (tertiary/aromatic N) is 3. The number of anilines is 2. The molecule has 2 aromatic rings. The number of amides is 1. The standard InChI is InChI=1S/C16H19F3N6O2P2/c1-15(17,28)12-10-11(22-6-23-13(10)25-14(26)27-12)8-4-7(16(18,19)29)5-9(24-8)21-3-2-20/h4-6,12H,2-3,20,28-29H2,1H3,(H,21,24)(H,22,23,25,26)/t12-,15?/m1/s1. The van der Waals surface area contributed by atoms with Gasteiger partial charge in [-0.25, -0.2) is 24.1 Å². The number of cyclic esters (lactones) is 1. The number of carbonyl (C=O) groups is 1. The van der Waals surface area contributed by atoms with E-state index in [0.29, 0.717) is 6.54 Å². The molecule has 0 radical (unpaired) electrons. The maximum absolute atomic E-state index is 14.8. The lowest BCUT2D eigenvalue weighted by Gasteiger charge is -2.32.